The zero-order valence-electron chi connectivity index (χ0n) is 10.3. The van der Waals surface area contributed by atoms with Crippen molar-refractivity contribution < 1.29 is 9.84 Å². The Balaban J connectivity index is 1.97. The molecule has 17 heavy (non-hydrogen) atoms. The minimum absolute atomic E-state index is 0.137. The van der Waals surface area contributed by atoms with Gasteiger partial charge in [-0.3, -0.25) is 0 Å². The molecule has 0 saturated carbocycles. The molecule has 2 N–H and O–H groups in total. The second kappa shape index (κ2) is 4.98. The average Bonchev–Trinajstić information content (AvgIpc) is 2.68. The lowest BCUT2D eigenvalue weighted by atomic mass is 9.97. The first-order valence-corrected chi connectivity index (χ1v) is 6.03. The van der Waals surface area contributed by atoms with Crippen LogP contribution in [0.4, 0.5) is 5.82 Å². The quantitative estimate of drug-likeness (QED) is 0.817. The van der Waals surface area contributed by atoms with Crippen molar-refractivity contribution in [1.82, 2.24) is 9.97 Å². The minimum atomic E-state index is -0.794. The number of rotatable bonds is 4. The molecule has 0 amide bonds. The van der Waals surface area contributed by atoms with Gasteiger partial charge in [0.05, 0.1) is 6.10 Å². The maximum atomic E-state index is 10.3. The van der Waals surface area contributed by atoms with E-state index in [0.29, 0.717) is 19.6 Å². The Morgan fingerprint density at radius 2 is 2.41 bits per heavy atom. The number of nitrogens with one attached hydrogen (secondary N) is 1. The monoisotopic (exact) mass is 237 g/mol. The summed E-state index contributed by atoms with van der Waals surface area (Å²) in [5, 5.41) is 13.5. The van der Waals surface area contributed by atoms with Gasteiger partial charge in [0.2, 0.25) is 0 Å². The number of aryl methyl sites for hydroxylation is 1. The number of aromatic nitrogens is 2. The standard InChI is InChI=1S/C12H19N3O2/c1-3-10-6-11(15-8-14-10)13-7-12(16)4-5-17-9(12)2/h6,8-9,16H,3-5,7H2,1-2H3,(H,13,14,15). The molecule has 1 aliphatic heterocycles. The van der Waals surface area contributed by atoms with E-state index in [1.54, 1.807) is 6.33 Å². The molecule has 5 nitrogen and oxygen atoms in total. The molecule has 1 fully saturated rings. The lowest BCUT2D eigenvalue weighted by Gasteiger charge is -2.26. The van der Waals surface area contributed by atoms with Gasteiger partial charge in [-0.2, -0.15) is 0 Å². The van der Waals surface area contributed by atoms with E-state index in [9.17, 15) is 5.11 Å². The number of hydrogen-bond donors (Lipinski definition) is 2. The van der Waals surface area contributed by atoms with E-state index < -0.39 is 5.60 Å². The third-order valence-corrected chi connectivity index (χ3v) is 3.32. The summed E-state index contributed by atoms with van der Waals surface area (Å²) in [6.07, 6.45) is 2.94. The van der Waals surface area contributed by atoms with Gasteiger partial charge in [0.25, 0.3) is 0 Å². The molecule has 0 bridgehead atoms. The third kappa shape index (κ3) is 2.73. The van der Waals surface area contributed by atoms with E-state index in [0.717, 1.165) is 17.9 Å². The van der Waals surface area contributed by atoms with Crippen molar-refractivity contribution in [2.24, 2.45) is 0 Å². The Labute approximate surface area is 101 Å². The second-order valence-electron chi connectivity index (χ2n) is 4.47. The number of hydrogen-bond acceptors (Lipinski definition) is 5. The predicted molar refractivity (Wildman–Crippen MR) is 64.9 cm³/mol. The van der Waals surface area contributed by atoms with Crippen LogP contribution in [0.25, 0.3) is 0 Å². The highest BCUT2D eigenvalue weighted by Crippen LogP contribution is 2.25. The summed E-state index contributed by atoms with van der Waals surface area (Å²) in [5.74, 6) is 0.754. The summed E-state index contributed by atoms with van der Waals surface area (Å²) in [4.78, 5) is 8.26. The molecule has 0 radical (unpaired) electrons. The van der Waals surface area contributed by atoms with Crippen LogP contribution >= 0.6 is 0 Å². The largest absolute Gasteiger partial charge is 0.385 e. The lowest BCUT2D eigenvalue weighted by molar-refractivity contribution is -0.0176. The summed E-state index contributed by atoms with van der Waals surface area (Å²) in [6.45, 7) is 5.01. The number of nitrogens with zero attached hydrogens (tertiary/aromatic N) is 2. The Hall–Kier alpha value is -1.20. The molecule has 1 aliphatic rings. The molecule has 1 aromatic rings. The maximum absolute atomic E-state index is 10.3. The summed E-state index contributed by atoms with van der Waals surface area (Å²) < 4.78 is 5.38. The Kier molecular flexibility index (Phi) is 3.59. The highest BCUT2D eigenvalue weighted by atomic mass is 16.5. The van der Waals surface area contributed by atoms with E-state index in [4.69, 9.17) is 4.74 Å². The van der Waals surface area contributed by atoms with Crippen molar-refractivity contribution in [2.75, 3.05) is 18.5 Å². The van der Waals surface area contributed by atoms with Crippen molar-refractivity contribution in [1.29, 1.82) is 0 Å². The Morgan fingerprint density at radius 1 is 1.59 bits per heavy atom. The molecule has 1 aromatic heterocycles. The van der Waals surface area contributed by atoms with Crippen LogP contribution in [-0.4, -0.2) is 39.9 Å². The van der Waals surface area contributed by atoms with Crippen molar-refractivity contribution in [3.8, 4) is 0 Å². The van der Waals surface area contributed by atoms with Crippen molar-refractivity contribution in [2.45, 2.75) is 38.4 Å². The summed E-state index contributed by atoms with van der Waals surface area (Å²) in [7, 11) is 0. The molecule has 5 heteroatoms. The fourth-order valence-corrected chi connectivity index (χ4v) is 1.93. The van der Waals surface area contributed by atoms with Gasteiger partial charge in [-0.05, 0) is 13.3 Å². The van der Waals surface area contributed by atoms with E-state index in [1.807, 2.05) is 19.9 Å². The van der Waals surface area contributed by atoms with Crippen LogP contribution < -0.4 is 5.32 Å². The van der Waals surface area contributed by atoms with E-state index in [1.165, 1.54) is 0 Å². The first-order valence-electron chi connectivity index (χ1n) is 6.03. The second-order valence-corrected chi connectivity index (χ2v) is 4.47. The van der Waals surface area contributed by atoms with Crippen LogP contribution in [0.15, 0.2) is 12.4 Å². The van der Waals surface area contributed by atoms with Crippen molar-refractivity contribution in [3.05, 3.63) is 18.1 Å². The molecule has 0 aliphatic carbocycles. The SMILES string of the molecule is CCc1cc(NCC2(O)CCOC2C)ncn1. The van der Waals surface area contributed by atoms with Crippen molar-refractivity contribution >= 4 is 5.82 Å². The first-order chi connectivity index (χ1) is 8.14. The number of ether oxygens (including phenoxy) is 1. The smallest absolute Gasteiger partial charge is 0.129 e. The fraction of sp³-hybridized carbons (Fsp3) is 0.667. The van der Waals surface area contributed by atoms with Crippen molar-refractivity contribution in [3.63, 3.8) is 0 Å². The first kappa shape index (κ1) is 12.3. The molecule has 2 atom stereocenters. The molecule has 2 unspecified atom stereocenters. The van der Waals surface area contributed by atoms with Crippen LogP contribution in [0, 0.1) is 0 Å². The maximum Gasteiger partial charge on any atom is 0.129 e. The highest BCUT2D eigenvalue weighted by molar-refractivity contribution is 5.35. The van der Waals surface area contributed by atoms with Crippen LogP contribution in [0.5, 0.6) is 0 Å². The van der Waals surface area contributed by atoms with E-state index in [-0.39, 0.29) is 6.10 Å². The molecule has 1 saturated heterocycles. The van der Waals surface area contributed by atoms with Gasteiger partial charge < -0.3 is 15.2 Å². The van der Waals surface area contributed by atoms with Crippen LogP contribution in [-0.2, 0) is 11.2 Å². The predicted octanol–water partition coefficient (Wildman–Crippen LogP) is 0.991. The van der Waals surface area contributed by atoms with Crippen LogP contribution in [0.1, 0.15) is 26.0 Å². The van der Waals surface area contributed by atoms with Gasteiger partial charge in [0.1, 0.15) is 17.7 Å². The molecule has 0 spiro atoms. The fourth-order valence-electron chi connectivity index (χ4n) is 1.93. The third-order valence-electron chi connectivity index (χ3n) is 3.32. The van der Waals surface area contributed by atoms with Gasteiger partial charge in [-0.1, -0.05) is 6.92 Å². The molecule has 2 rings (SSSR count). The molecule has 2 heterocycles. The van der Waals surface area contributed by atoms with Crippen LogP contribution in [0.2, 0.25) is 0 Å². The Bertz CT molecular complexity index is 386. The molecule has 94 valence electrons. The lowest BCUT2D eigenvalue weighted by Crippen LogP contribution is -2.43. The van der Waals surface area contributed by atoms with Gasteiger partial charge >= 0.3 is 0 Å². The highest BCUT2D eigenvalue weighted by Gasteiger charge is 2.39. The average molecular weight is 237 g/mol. The number of aliphatic hydroxyl groups is 1. The van der Waals surface area contributed by atoms with Crippen LogP contribution in [0.3, 0.4) is 0 Å². The molecule has 0 aromatic carbocycles. The van der Waals surface area contributed by atoms with Gasteiger partial charge in [0, 0.05) is 31.3 Å². The minimum Gasteiger partial charge on any atom is -0.385 e. The zero-order chi connectivity index (χ0) is 12.3. The Morgan fingerprint density at radius 3 is 3.06 bits per heavy atom. The topological polar surface area (TPSA) is 67.3 Å². The van der Waals surface area contributed by atoms with Gasteiger partial charge in [-0.25, -0.2) is 9.97 Å². The zero-order valence-corrected chi connectivity index (χ0v) is 10.3. The summed E-state index contributed by atoms with van der Waals surface area (Å²) in [6, 6.07) is 1.91. The summed E-state index contributed by atoms with van der Waals surface area (Å²) in [5.41, 5.74) is 0.197. The van der Waals surface area contributed by atoms with Gasteiger partial charge in [-0.15, -0.1) is 0 Å². The number of anilines is 1. The normalized spacial score (nSPS) is 28.3. The van der Waals surface area contributed by atoms with E-state index >= 15 is 0 Å². The van der Waals surface area contributed by atoms with E-state index in [2.05, 4.69) is 15.3 Å². The molecular formula is C12H19N3O2. The summed E-state index contributed by atoms with van der Waals surface area (Å²) >= 11 is 0. The van der Waals surface area contributed by atoms with Gasteiger partial charge in [0.15, 0.2) is 0 Å². The molecular weight excluding hydrogens is 218 g/mol.